The predicted octanol–water partition coefficient (Wildman–Crippen LogP) is 0.664. The Hall–Kier alpha value is -2.41. The van der Waals surface area contributed by atoms with Crippen LogP contribution in [0.25, 0.3) is 0 Å². The second-order valence-corrected chi connectivity index (χ2v) is 5.03. The summed E-state index contributed by atoms with van der Waals surface area (Å²) in [5.74, 6) is -0.677. The molecule has 3 rings (SSSR count). The molecule has 0 aliphatic carbocycles. The van der Waals surface area contributed by atoms with Gasteiger partial charge in [-0.15, -0.1) is 5.10 Å². The third kappa shape index (κ3) is 2.73. The van der Waals surface area contributed by atoms with Gasteiger partial charge < -0.3 is 15.3 Å². The third-order valence-electron chi connectivity index (χ3n) is 3.59. The van der Waals surface area contributed by atoms with E-state index in [4.69, 9.17) is 5.11 Å². The van der Waals surface area contributed by atoms with Crippen LogP contribution >= 0.6 is 0 Å². The third-order valence-corrected chi connectivity index (χ3v) is 3.59. The maximum Gasteiger partial charge on any atom is 0.375 e. The van der Waals surface area contributed by atoms with E-state index in [1.54, 1.807) is 7.05 Å². The largest absolute Gasteiger partial charge is 0.475 e. The van der Waals surface area contributed by atoms with Crippen molar-refractivity contribution in [1.29, 1.82) is 0 Å². The highest BCUT2D eigenvalue weighted by atomic mass is 16.4. The van der Waals surface area contributed by atoms with Gasteiger partial charge in [-0.25, -0.2) is 9.48 Å². The number of nitrogens with zero attached hydrogens (tertiary/aromatic N) is 4. The highest BCUT2D eigenvalue weighted by Gasteiger charge is 2.25. The van der Waals surface area contributed by atoms with Gasteiger partial charge in [0.1, 0.15) is 0 Å². The van der Waals surface area contributed by atoms with Gasteiger partial charge in [0.25, 0.3) is 5.82 Å². The van der Waals surface area contributed by atoms with E-state index >= 15 is 0 Å². The highest BCUT2D eigenvalue weighted by Crippen LogP contribution is 2.20. The van der Waals surface area contributed by atoms with Gasteiger partial charge >= 0.3 is 5.97 Å². The second kappa shape index (κ2) is 5.53. The Bertz CT molecular complexity index is 640. The van der Waals surface area contributed by atoms with Crippen molar-refractivity contribution >= 4 is 11.9 Å². The summed E-state index contributed by atoms with van der Waals surface area (Å²) < 4.78 is 1.52. The van der Waals surface area contributed by atoms with E-state index in [1.807, 2.05) is 18.2 Å². The van der Waals surface area contributed by atoms with Crippen molar-refractivity contribution in [3.63, 3.8) is 0 Å². The number of aryl methyl sites for hydroxylation is 1. The smallest absolute Gasteiger partial charge is 0.375 e. The van der Waals surface area contributed by atoms with Crippen LogP contribution in [0.5, 0.6) is 0 Å². The first-order valence-electron chi connectivity index (χ1n) is 6.83. The summed E-state index contributed by atoms with van der Waals surface area (Å²) in [6.07, 6.45) is 0. The maximum atomic E-state index is 11.0. The SMILES string of the molecule is Cn1nc(C(=O)O)nc1N1CCNC(c2ccccc2)C1. The number of aromatic nitrogens is 3. The molecule has 1 aromatic heterocycles. The van der Waals surface area contributed by atoms with Crippen LogP contribution < -0.4 is 10.2 Å². The molecule has 1 aliphatic rings. The van der Waals surface area contributed by atoms with Crippen LogP contribution in [0, 0.1) is 0 Å². The minimum Gasteiger partial charge on any atom is -0.475 e. The molecule has 1 unspecified atom stereocenters. The quantitative estimate of drug-likeness (QED) is 0.863. The Morgan fingerprint density at radius 2 is 2.14 bits per heavy atom. The summed E-state index contributed by atoms with van der Waals surface area (Å²) in [6.45, 7) is 2.32. The standard InChI is InChI=1S/C14H17N5O2/c1-18-14(16-12(17-18)13(20)21)19-8-7-15-11(9-19)10-5-3-2-4-6-10/h2-6,11,15H,7-9H2,1H3,(H,20,21). The Labute approximate surface area is 122 Å². The summed E-state index contributed by atoms with van der Waals surface area (Å²) in [5.41, 5.74) is 1.21. The zero-order chi connectivity index (χ0) is 14.8. The first kappa shape index (κ1) is 13.6. The lowest BCUT2D eigenvalue weighted by molar-refractivity contribution is 0.0683. The van der Waals surface area contributed by atoms with Crippen LogP contribution in [0.2, 0.25) is 0 Å². The van der Waals surface area contributed by atoms with Crippen molar-refractivity contribution in [2.24, 2.45) is 7.05 Å². The fourth-order valence-electron chi connectivity index (χ4n) is 2.58. The molecule has 21 heavy (non-hydrogen) atoms. The minimum absolute atomic E-state index is 0.165. The molecule has 0 saturated carbocycles. The Morgan fingerprint density at radius 1 is 1.38 bits per heavy atom. The van der Waals surface area contributed by atoms with E-state index in [0.717, 1.165) is 19.6 Å². The van der Waals surface area contributed by atoms with E-state index in [-0.39, 0.29) is 11.9 Å². The minimum atomic E-state index is -1.11. The molecular weight excluding hydrogens is 270 g/mol. The van der Waals surface area contributed by atoms with Gasteiger partial charge in [0, 0.05) is 32.7 Å². The Kier molecular flexibility index (Phi) is 3.57. The molecule has 110 valence electrons. The lowest BCUT2D eigenvalue weighted by Crippen LogP contribution is -2.46. The van der Waals surface area contributed by atoms with Crippen molar-refractivity contribution in [1.82, 2.24) is 20.1 Å². The summed E-state index contributed by atoms with van der Waals surface area (Å²) in [5, 5.41) is 16.4. The molecule has 0 amide bonds. The zero-order valence-electron chi connectivity index (χ0n) is 11.7. The lowest BCUT2D eigenvalue weighted by atomic mass is 10.1. The Balaban J connectivity index is 1.82. The normalized spacial score (nSPS) is 18.7. The lowest BCUT2D eigenvalue weighted by Gasteiger charge is -2.34. The number of hydrogen-bond acceptors (Lipinski definition) is 5. The van der Waals surface area contributed by atoms with Crippen molar-refractivity contribution in [3.05, 3.63) is 41.7 Å². The summed E-state index contributed by atoms with van der Waals surface area (Å²) >= 11 is 0. The monoisotopic (exact) mass is 287 g/mol. The predicted molar refractivity (Wildman–Crippen MR) is 77.4 cm³/mol. The molecule has 0 spiro atoms. The fourth-order valence-corrected chi connectivity index (χ4v) is 2.58. The number of aromatic carboxylic acids is 1. The second-order valence-electron chi connectivity index (χ2n) is 5.03. The van der Waals surface area contributed by atoms with Crippen LogP contribution in [0.15, 0.2) is 30.3 Å². The molecule has 0 radical (unpaired) electrons. The summed E-state index contributed by atoms with van der Waals surface area (Å²) in [7, 11) is 1.72. The maximum absolute atomic E-state index is 11.0. The average molecular weight is 287 g/mol. The van der Waals surface area contributed by atoms with Gasteiger partial charge in [-0.05, 0) is 5.56 Å². The molecule has 1 saturated heterocycles. The number of anilines is 1. The Morgan fingerprint density at radius 3 is 2.81 bits per heavy atom. The molecule has 0 bridgehead atoms. The molecule has 2 N–H and O–H groups in total. The number of carboxylic acids is 1. The van der Waals surface area contributed by atoms with Crippen LogP contribution in [-0.2, 0) is 7.05 Å². The zero-order valence-corrected chi connectivity index (χ0v) is 11.7. The first-order chi connectivity index (χ1) is 10.1. The van der Waals surface area contributed by atoms with Gasteiger partial charge in [-0.1, -0.05) is 30.3 Å². The van der Waals surface area contributed by atoms with Gasteiger partial charge in [0.05, 0.1) is 0 Å². The van der Waals surface area contributed by atoms with E-state index in [0.29, 0.717) is 5.95 Å². The van der Waals surface area contributed by atoms with Crippen molar-refractivity contribution in [2.75, 3.05) is 24.5 Å². The molecule has 1 fully saturated rings. The molecular formula is C14H17N5O2. The van der Waals surface area contributed by atoms with E-state index in [1.165, 1.54) is 10.2 Å². The molecule has 7 nitrogen and oxygen atoms in total. The number of rotatable bonds is 3. The highest BCUT2D eigenvalue weighted by molar-refractivity contribution is 5.83. The number of hydrogen-bond donors (Lipinski definition) is 2. The van der Waals surface area contributed by atoms with E-state index < -0.39 is 5.97 Å². The molecule has 1 atom stereocenters. The van der Waals surface area contributed by atoms with E-state index in [2.05, 4.69) is 32.4 Å². The van der Waals surface area contributed by atoms with Crippen LogP contribution in [0.3, 0.4) is 0 Å². The molecule has 1 aromatic carbocycles. The van der Waals surface area contributed by atoms with Crippen LogP contribution in [0.1, 0.15) is 22.2 Å². The molecule has 1 aliphatic heterocycles. The topological polar surface area (TPSA) is 83.3 Å². The van der Waals surface area contributed by atoms with Gasteiger partial charge in [-0.3, -0.25) is 0 Å². The number of piperazine rings is 1. The fraction of sp³-hybridized carbons (Fsp3) is 0.357. The van der Waals surface area contributed by atoms with Crippen molar-refractivity contribution in [2.45, 2.75) is 6.04 Å². The van der Waals surface area contributed by atoms with Crippen molar-refractivity contribution in [3.8, 4) is 0 Å². The molecule has 7 heteroatoms. The summed E-state index contributed by atoms with van der Waals surface area (Å²) in [4.78, 5) is 17.1. The number of carbonyl (C=O) groups is 1. The van der Waals surface area contributed by atoms with Crippen LogP contribution in [-0.4, -0.2) is 45.5 Å². The molecule has 2 heterocycles. The van der Waals surface area contributed by atoms with Gasteiger partial charge in [-0.2, -0.15) is 4.98 Å². The van der Waals surface area contributed by atoms with Gasteiger partial charge in [0.15, 0.2) is 0 Å². The van der Waals surface area contributed by atoms with Crippen LogP contribution in [0.4, 0.5) is 5.95 Å². The first-order valence-corrected chi connectivity index (χ1v) is 6.83. The molecule has 2 aromatic rings. The van der Waals surface area contributed by atoms with Crippen molar-refractivity contribution < 1.29 is 9.90 Å². The average Bonchev–Trinajstić information content (AvgIpc) is 2.91. The van der Waals surface area contributed by atoms with Gasteiger partial charge in [0.2, 0.25) is 5.95 Å². The summed E-state index contributed by atoms with van der Waals surface area (Å²) in [6, 6.07) is 10.4. The van der Waals surface area contributed by atoms with E-state index in [9.17, 15) is 4.79 Å². The number of nitrogens with one attached hydrogen (secondary N) is 1. The number of benzene rings is 1. The number of carboxylic acid groups (broad SMARTS) is 1.